The molecule has 6 nitrogen and oxygen atoms in total. The molecule has 0 saturated heterocycles. The Balaban J connectivity index is 1.79. The number of alkyl halides is 1. The Bertz CT molecular complexity index is 1670. The standard InChI is InChI=1S/C29H20Cl2N2O4/c1-37-27-18(16-34)9-11-25(32-27)29(13-4-6-23(26(29)31)22-5-2-3-7-24(22)30)20-12-14-33-21(15-20)10-8-19(17-35)28(33)36/h2-17,26H,1H3. The molecule has 0 aliphatic heterocycles. The summed E-state index contributed by atoms with van der Waals surface area (Å²) >= 11 is 13.9. The smallest absolute Gasteiger partial charge is 0.265 e. The quantitative estimate of drug-likeness (QED) is 0.242. The molecule has 0 N–H and O–H groups in total. The number of carbonyl (C=O) groups is 2. The van der Waals surface area contributed by atoms with Crippen molar-refractivity contribution in [2.45, 2.75) is 10.8 Å². The Hall–Kier alpha value is -4.00. The van der Waals surface area contributed by atoms with Crippen LogP contribution < -0.4 is 10.3 Å². The molecule has 37 heavy (non-hydrogen) atoms. The fraction of sp³-hybridized carbons (Fsp3) is 0.103. The summed E-state index contributed by atoms with van der Waals surface area (Å²) < 4.78 is 6.81. The van der Waals surface area contributed by atoms with Crippen LogP contribution in [-0.2, 0) is 5.41 Å². The predicted molar refractivity (Wildman–Crippen MR) is 144 cm³/mol. The first-order valence-electron chi connectivity index (χ1n) is 11.3. The Morgan fingerprint density at radius 1 is 1.03 bits per heavy atom. The number of ether oxygens (including phenoxy) is 1. The molecule has 0 fully saturated rings. The lowest BCUT2D eigenvalue weighted by Gasteiger charge is -2.39. The van der Waals surface area contributed by atoms with Gasteiger partial charge in [0.25, 0.3) is 5.56 Å². The summed E-state index contributed by atoms with van der Waals surface area (Å²) in [5.74, 6) is 0.172. The van der Waals surface area contributed by atoms with Crippen LogP contribution in [0.25, 0.3) is 11.1 Å². The Labute approximate surface area is 222 Å². The summed E-state index contributed by atoms with van der Waals surface area (Å²) in [7, 11) is 1.45. The van der Waals surface area contributed by atoms with E-state index in [9.17, 15) is 14.4 Å². The Kier molecular flexibility index (Phi) is 6.54. The molecule has 8 heteroatoms. The lowest BCUT2D eigenvalue weighted by Crippen LogP contribution is -2.39. The molecule has 1 aliphatic carbocycles. The van der Waals surface area contributed by atoms with Crippen LogP contribution in [-0.4, -0.2) is 34.4 Å². The van der Waals surface area contributed by atoms with E-state index in [2.05, 4.69) is 0 Å². The van der Waals surface area contributed by atoms with E-state index in [1.54, 1.807) is 36.5 Å². The van der Waals surface area contributed by atoms with E-state index >= 15 is 0 Å². The minimum atomic E-state index is -1.03. The largest absolute Gasteiger partial charge is 0.480 e. The number of hydrogen-bond donors (Lipinski definition) is 0. The van der Waals surface area contributed by atoms with E-state index in [0.717, 1.165) is 16.7 Å². The van der Waals surface area contributed by atoms with E-state index in [1.165, 1.54) is 17.6 Å². The van der Waals surface area contributed by atoms with E-state index in [4.69, 9.17) is 32.9 Å². The molecule has 3 heterocycles. The van der Waals surface area contributed by atoms with E-state index < -0.39 is 16.4 Å². The molecule has 2 unspecified atom stereocenters. The highest BCUT2D eigenvalue weighted by atomic mass is 35.5. The van der Waals surface area contributed by atoms with E-state index in [0.29, 0.717) is 34.4 Å². The molecular weight excluding hydrogens is 511 g/mol. The highest BCUT2D eigenvalue weighted by Crippen LogP contribution is 2.48. The average Bonchev–Trinajstić information content (AvgIpc) is 2.93. The molecular formula is C29H20Cl2N2O4. The first-order chi connectivity index (χ1) is 17.9. The van der Waals surface area contributed by atoms with Crippen LogP contribution in [0.15, 0.2) is 89.9 Å². The molecule has 1 aliphatic rings. The number of methoxy groups -OCH3 is 1. The van der Waals surface area contributed by atoms with Gasteiger partial charge in [0.1, 0.15) is 0 Å². The lowest BCUT2D eigenvalue weighted by atomic mass is 9.69. The predicted octanol–water partition coefficient (Wildman–Crippen LogP) is 5.53. The maximum absolute atomic E-state index is 12.7. The fourth-order valence-corrected chi connectivity index (χ4v) is 5.49. The number of rotatable bonds is 6. The highest BCUT2D eigenvalue weighted by molar-refractivity contribution is 6.34. The molecule has 4 aromatic rings. The second-order valence-electron chi connectivity index (χ2n) is 8.53. The number of benzene rings is 1. The van der Waals surface area contributed by atoms with Gasteiger partial charge < -0.3 is 4.74 Å². The number of aromatic nitrogens is 2. The van der Waals surface area contributed by atoms with Gasteiger partial charge >= 0.3 is 0 Å². The molecule has 0 saturated carbocycles. The normalized spacial score (nSPS) is 18.9. The van der Waals surface area contributed by atoms with Gasteiger partial charge in [-0.15, -0.1) is 11.6 Å². The van der Waals surface area contributed by atoms with Crippen LogP contribution in [0.5, 0.6) is 5.88 Å². The zero-order valence-electron chi connectivity index (χ0n) is 19.6. The van der Waals surface area contributed by atoms with Crippen molar-refractivity contribution in [3.63, 3.8) is 0 Å². The van der Waals surface area contributed by atoms with Gasteiger partial charge in [-0.2, -0.15) is 0 Å². The van der Waals surface area contributed by atoms with Crippen LogP contribution >= 0.6 is 23.2 Å². The first kappa shape index (κ1) is 24.7. The van der Waals surface area contributed by atoms with Crippen molar-refractivity contribution >= 4 is 46.9 Å². The highest BCUT2D eigenvalue weighted by Gasteiger charge is 2.45. The number of fused-ring (bicyclic) bond motifs is 1. The summed E-state index contributed by atoms with van der Waals surface area (Å²) in [4.78, 5) is 40.2. The van der Waals surface area contributed by atoms with Crippen molar-refractivity contribution in [3.05, 3.63) is 128 Å². The van der Waals surface area contributed by atoms with E-state index in [1.807, 2.05) is 42.5 Å². The number of pyridine rings is 3. The van der Waals surface area contributed by atoms with Crippen molar-refractivity contribution in [1.29, 1.82) is 0 Å². The van der Waals surface area contributed by atoms with E-state index in [-0.39, 0.29) is 11.4 Å². The van der Waals surface area contributed by atoms with Crippen molar-refractivity contribution < 1.29 is 14.3 Å². The second kappa shape index (κ2) is 9.81. The number of halogens is 2. The number of carbonyl (C=O) groups excluding carboxylic acids is 2. The molecule has 0 bridgehead atoms. The Morgan fingerprint density at radius 3 is 2.51 bits per heavy atom. The third-order valence-electron chi connectivity index (χ3n) is 6.62. The van der Waals surface area contributed by atoms with Crippen LogP contribution in [0.2, 0.25) is 5.02 Å². The topological polar surface area (TPSA) is 77.7 Å². The molecule has 2 atom stereocenters. The summed E-state index contributed by atoms with van der Waals surface area (Å²) in [5, 5.41) is -0.128. The maximum atomic E-state index is 12.7. The van der Waals surface area contributed by atoms with Gasteiger partial charge in [-0.25, -0.2) is 4.98 Å². The van der Waals surface area contributed by atoms with Crippen molar-refractivity contribution in [2.24, 2.45) is 0 Å². The van der Waals surface area contributed by atoms with Crippen LogP contribution in [0, 0.1) is 0 Å². The summed E-state index contributed by atoms with van der Waals surface area (Å²) in [6.07, 6.45) is 8.58. The summed E-state index contributed by atoms with van der Waals surface area (Å²) in [6, 6.07) is 17.6. The summed E-state index contributed by atoms with van der Waals surface area (Å²) in [5.41, 5.74) is 2.35. The van der Waals surface area contributed by atoms with Crippen LogP contribution in [0.3, 0.4) is 0 Å². The number of allylic oxidation sites excluding steroid dienone is 4. The number of nitrogens with zero attached hydrogens (tertiary/aromatic N) is 2. The SMILES string of the molecule is COc1nc(C2(c3ccn4c(=O)c(C=O)ccc4c3)C=CC=C(c3ccccc3Cl)C2Cl)ccc1C=O. The molecule has 0 radical (unpaired) electrons. The molecule has 5 rings (SSSR count). The minimum absolute atomic E-state index is 0.0625. The van der Waals surface area contributed by atoms with Crippen LogP contribution in [0.4, 0.5) is 0 Å². The molecule has 1 aromatic carbocycles. The Morgan fingerprint density at radius 2 is 1.78 bits per heavy atom. The third kappa shape index (κ3) is 3.99. The van der Waals surface area contributed by atoms with Crippen molar-refractivity contribution in [1.82, 2.24) is 9.38 Å². The lowest BCUT2D eigenvalue weighted by molar-refractivity contribution is 0.111. The van der Waals surface area contributed by atoms with Gasteiger partial charge in [0, 0.05) is 16.7 Å². The van der Waals surface area contributed by atoms with Gasteiger partial charge in [-0.1, -0.05) is 48.0 Å². The zero-order valence-corrected chi connectivity index (χ0v) is 21.1. The fourth-order valence-electron chi connectivity index (χ4n) is 4.74. The van der Waals surface area contributed by atoms with Gasteiger partial charge in [0.05, 0.1) is 34.7 Å². The van der Waals surface area contributed by atoms with Gasteiger partial charge in [-0.3, -0.25) is 18.8 Å². The number of aldehydes is 2. The average molecular weight is 531 g/mol. The molecule has 0 spiro atoms. The molecule has 184 valence electrons. The minimum Gasteiger partial charge on any atom is -0.480 e. The number of hydrogen-bond acceptors (Lipinski definition) is 5. The molecule has 0 amide bonds. The van der Waals surface area contributed by atoms with Gasteiger partial charge in [-0.05, 0) is 59.2 Å². The second-order valence-corrected chi connectivity index (χ2v) is 9.37. The monoisotopic (exact) mass is 530 g/mol. The first-order valence-corrected chi connectivity index (χ1v) is 12.2. The maximum Gasteiger partial charge on any atom is 0.265 e. The van der Waals surface area contributed by atoms with Gasteiger partial charge in [0.15, 0.2) is 12.6 Å². The summed E-state index contributed by atoms with van der Waals surface area (Å²) in [6.45, 7) is 0. The van der Waals surface area contributed by atoms with Gasteiger partial charge in [0.2, 0.25) is 5.88 Å². The van der Waals surface area contributed by atoms with Crippen molar-refractivity contribution in [2.75, 3.05) is 7.11 Å². The molecule has 3 aromatic heterocycles. The van der Waals surface area contributed by atoms with Crippen molar-refractivity contribution in [3.8, 4) is 5.88 Å². The zero-order chi connectivity index (χ0) is 26.2. The third-order valence-corrected chi connectivity index (χ3v) is 7.52. The van der Waals surface area contributed by atoms with Crippen LogP contribution in [0.1, 0.15) is 37.5 Å².